The van der Waals surface area contributed by atoms with E-state index < -0.39 is 29.0 Å². The monoisotopic (exact) mass is 511 g/mol. The summed E-state index contributed by atoms with van der Waals surface area (Å²) < 4.78 is 27.4. The van der Waals surface area contributed by atoms with Crippen LogP contribution < -0.4 is 15.0 Å². The molecule has 10 nitrogen and oxygen atoms in total. The fraction of sp³-hybridized carbons (Fsp3) is 0.462. The number of anilines is 1. The molecule has 2 aliphatic rings. The predicted molar refractivity (Wildman–Crippen MR) is 132 cm³/mol. The fourth-order valence-corrected chi connectivity index (χ4v) is 5.23. The molecule has 0 spiro atoms. The van der Waals surface area contributed by atoms with E-state index in [1.807, 2.05) is 4.90 Å². The molecule has 0 radical (unpaired) electrons. The van der Waals surface area contributed by atoms with Crippen LogP contribution in [0, 0.1) is 11.7 Å². The molecule has 0 bridgehead atoms. The van der Waals surface area contributed by atoms with E-state index >= 15 is 0 Å². The summed E-state index contributed by atoms with van der Waals surface area (Å²) in [5.41, 5.74) is -0.353. The Kier molecular flexibility index (Phi) is 5.96. The topological polar surface area (TPSA) is 118 Å². The number of nitrogens with zero attached hydrogens (tertiary/aromatic N) is 4. The van der Waals surface area contributed by atoms with E-state index in [4.69, 9.17) is 9.47 Å². The van der Waals surface area contributed by atoms with Crippen LogP contribution in [0.5, 0.6) is 5.75 Å². The van der Waals surface area contributed by atoms with Crippen LogP contribution in [-0.2, 0) is 10.3 Å². The molecule has 2 fully saturated rings. The molecule has 3 aromatic rings. The normalized spacial score (nSPS) is 21.4. The van der Waals surface area contributed by atoms with E-state index in [0.717, 1.165) is 12.8 Å². The van der Waals surface area contributed by atoms with Crippen LogP contribution in [0.1, 0.15) is 56.5 Å². The molecule has 1 saturated carbocycles. The number of halogens is 1. The zero-order chi connectivity index (χ0) is 26.5. The molecule has 5 rings (SSSR count). The van der Waals surface area contributed by atoms with Gasteiger partial charge in [-0.05, 0) is 70.7 Å². The standard InChI is InChI=1S/C26H30FN5O5/c1-15(29-24(35)37-25(2,3)4)14-36-19-7-6-17(27)12-18(19)26-13-16(26)8-11-31(26)22-20(23(33)34)21-28-9-5-10-32(21)30-22/h5-7,9-10,12,15-16H,8,11,13-14H2,1-4H3,(H,29,35)(H,33,34)/t15-,16?,26?/m1/s1. The van der Waals surface area contributed by atoms with Crippen LogP contribution in [0.15, 0.2) is 36.7 Å². The van der Waals surface area contributed by atoms with Crippen molar-refractivity contribution in [3.05, 3.63) is 53.6 Å². The smallest absolute Gasteiger partial charge is 0.407 e. The molecule has 3 heterocycles. The third kappa shape index (κ3) is 4.54. The molecule has 2 N–H and O–H groups in total. The maximum Gasteiger partial charge on any atom is 0.407 e. The van der Waals surface area contributed by atoms with Crippen molar-refractivity contribution in [2.45, 2.75) is 57.7 Å². The summed E-state index contributed by atoms with van der Waals surface area (Å²) in [6, 6.07) is 5.67. The van der Waals surface area contributed by atoms with Crippen LogP contribution in [-0.4, -0.2) is 56.6 Å². The summed E-state index contributed by atoms with van der Waals surface area (Å²) in [5.74, 6) is -0.549. The van der Waals surface area contributed by atoms with Gasteiger partial charge in [0.2, 0.25) is 0 Å². The number of amides is 1. The second-order valence-corrected chi connectivity index (χ2v) is 10.7. The molecule has 3 atom stereocenters. The first kappa shape index (κ1) is 24.8. The zero-order valence-electron chi connectivity index (χ0n) is 21.2. The van der Waals surface area contributed by atoms with Gasteiger partial charge < -0.3 is 24.8 Å². The lowest BCUT2D eigenvalue weighted by molar-refractivity contribution is 0.0493. The van der Waals surface area contributed by atoms with Crippen LogP contribution in [0.3, 0.4) is 0 Å². The maximum atomic E-state index is 14.6. The molecule has 1 aliphatic carbocycles. The van der Waals surface area contributed by atoms with Gasteiger partial charge in [-0.3, -0.25) is 0 Å². The molecule has 1 aliphatic heterocycles. The average molecular weight is 512 g/mol. The van der Waals surface area contributed by atoms with Crippen molar-refractivity contribution in [2.24, 2.45) is 5.92 Å². The molecular weight excluding hydrogens is 481 g/mol. The zero-order valence-corrected chi connectivity index (χ0v) is 21.2. The third-order valence-electron chi connectivity index (χ3n) is 6.76. The van der Waals surface area contributed by atoms with Crippen LogP contribution in [0.2, 0.25) is 0 Å². The number of hydrogen-bond acceptors (Lipinski definition) is 7. The van der Waals surface area contributed by atoms with Crippen molar-refractivity contribution in [2.75, 3.05) is 18.1 Å². The van der Waals surface area contributed by atoms with Gasteiger partial charge in [-0.25, -0.2) is 23.5 Å². The Morgan fingerprint density at radius 3 is 2.84 bits per heavy atom. The SMILES string of the molecule is C[C@H](COc1ccc(F)cc1C12CC1CCN2c1nn2cccnc2c1C(=O)O)NC(=O)OC(C)(C)C. The van der Waals surface area contributed by atoms with E-state index in [1.54, 1.807) is 46.0 Å². The number of piperidine rings is 1. The molecule has 11 heteroatoms. The Labute approximate surface area is 213 Å². The summed E-state index contributed by atoms with van der Waals surface area (Å²) in [5, 5.41) is 17.3. The Bertz CT molecular complexity index is 1370. The van der Waals surface area contributed by atoms with Crippen molar-refractivity contribution in [3.63, 3.8) is 0 Å². The van der Waals surface area contributed by atoms with Crippen molar-refractivity contribution < 1.29 is 28.6 Å². The number of hydrogen-bond donors (Lipinski definition) is 2. The van der Waals surface area contributed by atoms with Crippen molar-refractivity contribution in [1.29, 1.82) is 0 Å². The van der Waals surface area contributed by atoms with Gasteiger partial charge in [0.05, 0.1) is 11.6 Å². The lowest BCUT2D eigenvalue weighted by Crippen LogP contribution is -2.40. The summed E-state index contributed by atoms with van der Waals surface area (Å²) >= 11 is 0. The summed E-state index contributed by atoms with van der Waals surface area (Å²) in [6.45, 7) is 7.85. The molecule has 2 aromatic heterocycles. The van der Waals surface area contributed by atoms with Crippen LogP contribution >= 0.6 is 0 Å². The number of rotatable bonds is 7. The Morgan fingerprint density at radius 2 is 2.14 bits per heavy atom. The van der Waals surface area contributed by atoms with Crippen molar-refractivity contribution in [3.8, 4) is 5.75 Å². The molecule has 1 aromatic carbocycles. The van der Waals surface area contributed by atoms with Gasteiger partial charge in [0.25, 0.3) is 0 Å². The van der Waals surface area contributed by atoms with E-state index in [2.05, 4.69) is 15.4 Å². The lowest BCUT2D eigenvalue weighted by atomic mass is 10.0. The van der Waals surface area contributed by atoms with Gasteiger partial charge in [0.15, 0.2) is 11.5 Å². The highest BCUT2D eigenvalue weighted by molar-refractivity contribution is 6.00. The highest BCUT2D eigenvalue weighted by Gasteiger charge is 2.65. The number of carboxylic acid groups (broad SMARTS) is 1. The summed E-state index contributed by atoms with van der Waals surface area (Å²) in [7, 11) is 0. The van der Waals surface area contributed by atoms with Crippen LogP contribution in [0.25, 0.3) is 5.65 Å². The first-order valence-electron chi connectivity index (χ1n) is 12.3. The molecule has 37 heavy (non-hydrogen) atoms. The minimum atomic E-state index is -1.12. The second kappa shape index (κ2) is 8.89. The molecule has 1 saturated heterocycles. The van der Waals surface area contributed by atoms with Crippen LogP contribution in [0.4, 0.5) is 15.0 Å². The number of carbonyl (C=O) groups is 2. The maximum absolute atomic E-state index is 14.6. The number of aromatic nitrogens is 3. The Morgan fingerprint density at radius 1 is 1.35 bits per heavy atom. The summed E-state index contributed by atoms with van der Waals surface area (Å²) in [6.07, 6.45) is 4.16. The Hall–Kier alpha value is -3.89. The van der Waals surface area contributed by atoms with E-state index in [1.165, 1.54) is 22.8 Å². The molecular formula is C26H30FN5O5. The van der Waals surface area contributed by atoms with Gasteiger partial charge >= 0.3 is 12.1 Å². The van der Waals surface area contributed by atoms with Crippen molar-refractivity contribution in [1.82, 2.24) is 19.9 Å². The van der Waals surface area contributed by atoms with Crippen molar-refractivity contribution >= 4 is 23.5 Å². The first-order valence-corrected chi connectivity index (χ1v) is 12.3. The van der Waals surface area contributed by atoms with Gasteiger partial charge in [0, 0.05) is 24.5 Å². The third-order valence-corrected chi connectivity index (χ3v) is 6.76. The van der Waals surface area contributed by atoms with Gasteiger partial charge in [-0.2, -0.15) is 0 Å². The number of fused-ring (bicyclic) bond motifs is 2. The van der Waals surface area contributed by atoms with E-state index in [0.29, 0.717) is 23.7 Å². The molecule has 196 valence electrons. The average Bonchev–Trinajstić information content (AvgIpc) is 3.22. The number of ether oxygens (including phenoxy) is 2. The first-order chi connectivity index (χ1) is 17.5. The summed E-state index contributed by atoms with van der Waals surface area (Å²) in [4.78, 5) is 30.5. The van der Waals surface area contributed by atoms with Gasteiger partial charge in [0.1, 0.15) is 29.3 Å². The lowest BCUT2D eigenvalue weighted by Gasteiger charge is -2.31. The van der Waals surface area contributed by atoms with Gasteiger partial charge in [-0.15, -0.1) is 5.10 Å². The van der Waals surface area contributed by atoms with E-state index in [9.17, 15) is 19.1 Å². The van der Waals surface area contributed by atoms with Gasteiger partial charge in [-0.1, -0.05) is 0 Å². The Balaban J connectivity index is 1.44. The number of nitrogens with one attached hydrogen (secondary N) is 1. The predicted octanol–water partition coefficient (Wildman–Crippen LogP) is 3.98. The van der Waals surface area contributed by atoms with E-state index in [-0.39, 0.29) is 29.8 Å². The largest absolute Gasteiger partial charge is 0.491 e. The number of carbonyl (C=O) groups excluding carboxylic acids is 1. The second-order valence-electron chi connectivity index (χ2n) is 10.7. The number of benzene rings is 1. The fourth-order valence-electron chi connectivity index (χ4n) is 5.23. The molecule has 2 unspecified atom stereocenters. The highest BCUT2D eigenvalue weighted by Crippen LogP contribution is 2.65. The molecule has 1 amide bonds. The quantitative estimate of drug-likeness (QED) is 0.489. The number of alkyl carbamates (subject to hydrolysis) is 1. The number of aromatic carboxylic acids is 1. The minimum absolute atomic E-state index is 0.0154. The number of carboxylic acids is 1. The minimum Gasteiger partial charge on any atom is -0.491 e. The highest BCUT2D eigenvalue weighted by atomic mass is 19.1.